The second-order valence-corrected chi connectivity index (χ2v) is 6.42. The number of methoxy groups -OCH3 is 1. The van der Waals surface area contributed by atoms with Gasteiger partial charge in [0.2, 0.25) is 0 Å². The summed E-state index contributed by atoms with van der Waals surface area (Å²) in [4.78, 5) is 5.68. The summed E-state index contributed by atoms with van der Waals surface area (Å²) in [5, 5.41) is 19.0. The Hall–Kier alpha value is -2.91. The van der Waals surface area contributed by atoms with Crippen LogP contribution in [0.2, 0.25) is 0 Å². The lowest BCUT2D eigenvalue weighted by molar-refractivity contribution is 0.406. The summed E-state index contributed by atoms with van der Waals surface area (Å²) >= 11 is 1.59. The first-order valence-electron chi connectivity index (χ1n) is 7.51. The quantitative estimate of drug-likeness (QED) is 0.790. The van der Waals surface area contributed by atoms with Crippen molar-refractivity contribution in [3.63, 3.8) is 0 Å². The van der Waals surface area contributed by atoms with Crippen LogP contribution in [0.3, 0.4) is 0 Å². The van der Waals surface area contributed by atoms with E-state index in [2.05, 4.69) is 21.3 Å². The van der Waals surface area contributed by atoms with Crippen molar-refractivity contribution in [2.75, 3.05) is 7.11 Å². The van der Waals surface area contributed by atoms with Gasteiger partial charge in [-0.05, 0) is 17.5 Å². The van der Waals surface area contributed by atoms with Gasteiger partial charge in [0.25, 0.3) is 0 Å². The number of hydrogen-bond donors (Lipinski definition) is 1. The summed E-state index contributed by atoms with van der Waals surface area (Å²) in [7, 11) is 1.65. The number of thiophene rings is 1. The third kappa shape index (κ3) is 2.22. The monoisotopic (exact) mass is 334 g/mol. The smallest absolute Gasteiger partial charge is 0.152 e. The van der Waals surface area contributed by atoms with E-state index in [-0.39, 0.29) is 5.92 Å². The first-order chi connectivity index (χ1) is 11.8. The molecule has 0 fully saturated rings. The van der Waals surface area contributed by atoms with Crippen molar-refractivity contribution in [1.82, 2.24) is 10.2 Å². The highest BCUT2D eigenvalue weighted by molar-refractivity contribution is 7.12. The summed E-state index contributed by atoms with van der Waals surface area (Å²) in [6, 6.07) is 14.2. The van der Waals surface area contributed by atoms with Crippen molar-refractivity contribution in [2.24, 2.45) is 10.9 Å². The Balaban J connectivity index is 1.94. The molecule has 2 unspecified atom stereocenters. The number of aromatic nitrogens is 2. The molecule has 2 aromatic heterocycles. The van der Waals surface area contributed by atoms with E-state index < -0.39 is 5.92 Å². The van der Waals surface area contributed by atoms with Gasteiger partial charge in [0, 0.05) is 21.9 Å². The van der Waals surface area contributed by atoms with Crippen LogP contribution in [0, 0.1) is 17.2 Å². The first kappa shape index (κ1) is 14.7. The molecule has 5 nitrogen and oxygen atoms in total. The third-order valence-corrected chi connectivity index (χ3v) is 5.12. The minimum atomic E-state index is -0.398. The number of benzene rings is 1. The maximum absolute atomic E-state index is 9.92. The van der Waals surface area contributed by atoms with Crippen molar-refractivity contribution in [2.45, 2.75) is 5.92 Å². The molecule has 0 amide bonds. The number of nitrogens with one attached hydrogen (secondary N) is 1. The molecular weight excluding hydrogens is 320 g/mol. The zero-order valence-corrected chi connectivity index (χ0v) is 13.7. The Morgan fingerprint density at radius 3 is 2.83 bits per heavy atom. The Morgan fingerprint density at radius 1 is 1.21 bits per heavy atom. The predicted molar refractivity (Wildman–Crippen MR) is 93.0 cm³/mol. The van der Waals surface area contributed by atoms with Crippen LogP contribution >= 0.6 is 11.3 Å². The molecule has 0 radical (unpaired) electrons. The van der Waals surface area contributed by atoms with Gasteiger partial charge < -0.3 is 4.74 Å². The highest BCUT2D eigenvalue weighted by atomic mass is 32.1. The fraction of sp³-hybridized carbons (Fsp3) is 0.167. The van der Waals surface area contributed by atoms with Gasteiger partial charge in [0.15, 0.2) is 5.82 Å². The fourth-order valence-corrected chi connectivity index (χ4v) is 3.93. The van der Waals surface area contributed by atoms with Crippen LogP contribution in [0.25, 0.3) is 0 Å². The lowest BCUT2D eigenvalue weighted by atomic mass is 9.77. The van der Waals surface area contributed by atoms with Gasteiger partial charge in [0.1, 0.15) is 11.7 Å². The molecule has 1 aromatic carbocycles. The van der Waals surface area contributed by atoms with Gasteiger partial charge in [-0.2, -0.15) is 10.4 Å². The van der Waals surface area contributed by atoms with Gasteiger partial charge in [-0.25, -0.2) is 4.99 Å². The Morgan fingerprint density at radius 2 is 2.08 bits per heavy atom. The molecule has 0 bridgehead atoms. The average Bonchev–Trinajstić information content (AvgIpc) is 3.31. The molecule has 0 spiro atoms. The minimum absolute atomic E-state index is 0.172. The number of aromatic amines is 1. The Bertz CT molecular complexity index is 936. The maximum Gasteiger partial charge on any atom is 0.152 e. The molecule has 2 atom stereocenters. The van der Waals surface area contributed by atoms with E-state index in [1.165, 1.54) is 0 Å². The van der Waals surface area contributed by atoms with E-state index in [0.717, 1.165) is 27.5 Å². The Labute approximate surface area is 143 Å². The molecule has 118 valence electrons. The van der Waals surface area contributed by atoms with Crippen LogP contribution in [0.1, 0.15) is 21.9 Å². The van der Waals surface area contributed by atoms with Crippen LogP contribution in [0.5, 0.6) is 5.75 Å². The summed E-state index contributed by atoms with van der Waals surface area (Å²) < 4.78 is 5.53. The minimum Gasteiger partial charge on any atom is -0.496 e. The van der Waals surface area contributed by atoms with Crippen molar-refractivity contribution >= 4 is 22.9 Å². The van der Waals surface area contributed by atoms with Crippen LogP contribution < -0.4 is 4.74 Å². The summed E-state index contributed by atoms with van der Waals surface area (Å²) in [5.74, 6) is 0.905. The molecule has 1 aliphatic heterocycles. The number of hydrogen-bond acceptors (Lipinski definition) is 5. The maximum atomic E-state index is 9.92. The average molecular weight is 334 g/mol. The summed E-state index contributed by atoms with van der Waals surface area (Å²) in [6.45, 7) is 0. The molecular formula is C18H14N4OS. The highest BCUT2D eigenvalue weighted by Crippen LogP contribution is 2.45. The fourth-order valence-electron chi connectivity index (χ4n) is 3.17. The van der Waals surface area contributed by atoms with Gasteiger partial charge in [-0.1, -0.05) is 24.3 Å². The lowest BCUT2D eigenvalue weighted by Crippen LogP contribution is -2.25. The van der Waals surface area contributed by atoms with E-state index in [4.69, 9.17) is 4.74 Å². The van der Waals surface area contributed by atoms with E-state index >= 15 is 0 Å². The van der Waals surface area contributed by atoms with E-state index in [1.54, 1.807) is 24.6 Å². The molecule has 3 aromatic rings. The highest BCUT2D eigenvalue weighted by Gasteiger charge is 2.38. The molecule has 1 N–H and O–H groups in total. The molecule has 0 aliphatic carbocycles. The van der Waals surface area contributed by atoms with Gasteiger partial charge in [0.05, 0.1) is 25.1 Å². The number of nitriles is 1. The second kappa shape index (κ2) is 5.95. The topological polar surface area (TPSA) is 74.1 Å². The number of para-hydroxylation sites is 1. The SMILES string of the molecule is COc1ccccc1C1c2cn[nH]c2N=C(c2cccs2)C1C#N. The molecule has 3 heterocycles. The number of aliphatic imine (C=N–C) groups is 1. The van der Waals surface area contributed by atoms with E-state index in [1.807, 2.05) is 41.8 Å². The molecule has 4 rings (SSSR count). The molecule has 24 heavy (non-hydrogen) atoms. The van der Waals surface area contributed by atoms with Crippen molar-refractivity contribution in [1.29, 1.82) is 5.26 Å². The van der Waals surface area contributed by atoms with Crippen LogP contribution in [-0.4, -0.2) is 23.0 Å². The van der Waals surface area contributed by atoms with Crippen LogP contribution in [0.15, 0.2) is 53.0 Å². The van der Waals surface area contributed by atoms with Crippen molar-refractivity contribution < 1.29 is 4.74 Å². The molecule has 6 heteroatoms. The number of H-pyrrole nitrogens is 1. The van der Waals surface area contributed by atoms with E-state index in [9.17, 15) is 5.26 Å². The van der Waals surface area contributed by atoms with Crippen LogP contribution in [0.4, 0.5) is 5.82 Å². The van der Waals surface area contributed by atoms with Gasteiger partial charge in [-0.15, -0.1) is 11.3 Å². The third-order valence-electron chi connectivity index (χ3n) is 4.23. The second-order valence-electron chi connectivity index (χ2n) is 5.47. The number of fused-ring (bicyclic) bond motifs is 1. The zero-order valence-electron chi connectivity index (χ0n) is 12.9. The van der Waals surface area contributed by atoms with E-state index in [0.29, 0.717) is 5.82 Å². The molecule has 0 saturated carbocycles. The lowest BCUT2D eigenvalue weighted by Gasteiger charge is -2.27. The first-order valence-corrected chi connectivity index (χ1v) is 8.39. The standard InChI is InChI=1S/C18H14N4OS/c1-23-14-6-3-2-5-11(14)16-12(9-19)17(15-7-4-8-24-15)21-18-13(16)10-20-22-18/h2-8,10,12,16H,1H3,(H,20,22). The Kier molecular flexibility index (Phi) is 3.63. The summed E-state index contributed by atoms with van der Waals surface area (Å²) in [6.07, 6.45) is 1.76. The van der Waals surface area contributed by atoms with Crippen molar-refractivity contribution in [3.05, 3.63) is 64.0 Å². The zero-order chi connectivity index (χ0) is 16.5. The normalized spacial score (nSPS) is 19.2. The number of nitrogens with zero attached hydrogens (tertiary/aromatic N) is 3. The number of rotatable bonds is 3. The molecule has 0 saturated heterocycles. The van der Waals surface area contributed by atoms with Crippen molar-refractivity contribution in [3.8, 4) is 11.8 Å². The van der Waals surface area contributed by atoms with Gasteiger partial charge in [-0.3, -0.25) is 5.10 Å². The number of ether oxygens (including phenoxy) is 1. The van der Waals surface area contributed by atoms with Crippen LogP contribution in [-0.2, 0) is 0 Å². The predicted octanol–water partition coefficient (Wildman–Crippen LogP) is 3.89. The summed E-state index contributed by atoms with van der Waals surface area (Å²) in [5.41, 5.74) is 2.67. The largest absolute Gasteiger partial charge is 0.496 e. The van der Waals surface area contributed by atoms with Gasteiger partial charge >= 0.3 is 0 Å². The molecule has 1 aliphatic rings.